The molecule has 0 aliphatic carbocycles. The molecule has 2 aromatic carbocycles. The number of aromatic hydroxyl groups is 1. The maximum absolute atomic E-state index is 13.0. The Hall–Kier alpha value is -2.80. The molecule has 0 aliphatic heterocycles. The third-order valence-electron chi connectivity index (χ3n) is 3.51. The lowest BCUT2D eigenvalue weighted by Gasteiger charge is -2.11. The Morgan fingerprint density at radius 3 is 2.50 bits per heavy atom. The van der Waals surface area contributed by atoms with Crippen molar-refractivity contribution in [3.8, 4) is 5.75 Å². The maximum Gasteiger partial charge on any atom is 0.356 e. The van der Waals surface area contributed by atoms with Gasteiger partial charge in [0.15, 0.2) is 0 Å². The first kappa shape index (κ1) is 16.1. The van der Waals surface area contributed by atoms with Gasteiger partial charge in [-0.3, -0.25) is 0 Å². The van der Waals surface area contributed by atoms with E-state index < -0.39 is 16.0 Å². The standard InChI is InChI=1S/C17H15NO5S/c1-2-23-17(20)16-10-12-8-9-13(19)11-15(12)18(16)24(21,22)14-6-4-3-5-7-14/h3-11,19H,2H2,1H3. The van der Waals surface area contributed by atoms with Crippen molar-refractivity contribution in [2.75, 3.05) is 6.61 Å². The van der Waals surface area contributed by atoms with Crippen molar-refractivity contribution >= 4 is 26.9 Å². The van der Waals surface area contributed by atoms with Crippen LogP contribution >= 0.6 is 0 Å². The molecular formula is C17H15NO5S. The van der Waals surface area contributed by atoms with Crippen molar-refractivity contribution in [1.29, 1.82) is 0 Å². The number of ether oxygens (including phenoxy) is 1. The van der Waals surface area contributed by atoms with Gasteiger partial charge in [0.25, 0.3) is 10.0 Å². The van der Waals surface area contributed by atoms with Crippen molar-refractivity contribution in [2.24, 2.45) is 0 Å². The molecule has 7 heteroatoms. The van der Waals surface area contributed by atoms with Crippen LogP contribution in [-0.4, -0.2) is 30.1 Å². The molecule has 124 valence electrons. The van der Waals surface area contributed by atoms with Crippen LogP contribution in [0.15, 0.2) is 59.5 Å². The number of esters is 1. The molecule has 0 fully saturated rings. The minimum atomic E-state index is -4.03. The second kappa shape index (κ2) is 6.01. The molecule has 0 bridgehead atoms. The normalized spacial score (nSPS) is 11.5. The Kier molecular flexibility index (Phi) is 4.02. The number of carbonyl (C=O) groups is 1. The van der Waals surface area contributed by atoms with Gasteiger partial charge in [0.05, 0.1) is 17.0 Å². The molecule has 3 aromatic rings. The fraction of sp³-hybridized carbons (Fsp3) is 0.118. The number of phenolic OH excluding ortho intramolecular Hbond substituents is 1. The summed E-state index contributed by atoms with van der Waals surface area (Å²) in [5.41, 5.74) is 0.100. The van der Waals surface area contributed by atoms with Crippen molar-refractivity contribution in [3.05, 3.63) is 60.3 Å². The summed E-state index contributed by atoms with van der Waals surface area (Å²) in [5, 5.41) is 10.2. The summed E-state index contributed by atoms with van der Waals surface area (Å²) >= 11 is 0. The molecule has 1 N–H and O–H groups in total. The summed E-state index contributed by atoms with van der Waals surface area (Å²) in [6.45, 7) is 1.76. The number of carbonyl (C=O) groups excluding carboxylic acids is 1. The highest BCUT2D eigenvalue weighted by atomic mass is 32.2. The SMILES string of the molecule is CCOC(=O)c1cc2ccc(O)cc2n1S(=O)(=O)c1ccccc1. The number of fused-ring (bicyclic) bond motifs is 1. The lowest BCUT2D eigenvalue weighted by molar-refractivity contribution is 0.0518. The number of benzene rings is 2. The minimum absolute atomic E-state index is 0.0383. The molecule has 0 radical (unpaired) electrons. The van der Waals surface area contributed by atoms with Gasteiger partial charge in [-0.25, -0.2) is 17.2 Å². The zero-order valence-corrected chi connectivity index (χ0v) is 13.7. The van der Waals surface area contributed by atoms with Crippen LogP contribution in [0.3, 0.4) is 0 Å². The van der Waals surface area contributed by atoms with Gasteiger partial charge in [0, 0.05) is 11.5 Å². The minimum Gasteiger partial charge on any atom is -0.508 e. The van der Waals surface area contributed by atoms with Gasteiger partial charge in [0.1, 0.15) is 11.4 Å². The van der Waals surface area contributed by atoms with Crippen LogP contribution in [0.2, 0.25) is 0 Å². The number of nitrogens with zero attached hydrogens (tertiary/aromatic N) is 1. The van der Waals surface area contributed by atoms with Crippen LogP contribution < -0.4 is 0 Å². The third kappa shape index (κ3) is 2.63. The first-order chi connectivity index (χ1) is 11.4. The van der Waals surface area contributed by atoms with E-state index in [0.717, 1.165) is 3.97 Å². The van der Waals surface area contributed by atoms with E-state index in [0.29, 0.717) is 5.39 Å². The highest BCUT2D eigenvalue weighted by Crippen LogP contribution is 2.28. The fourth-order valence-electron chi connectivity index (χ4n) is 2.47. The predicted octanol–water partition coefficient (Wildman–Crippen LogP) is 2.76. The Bertz CT molecular complexity index is 1010. The number of phenols is 1. The van der Waals surface area contributed by atoms with E-state index in [1.54, 1.807) is 31.2 Å². The summed E-state index contributed by atoms with van der Waals surface area (Å²) in [4.78, 5) is 12.3. The summed E-state index contributed by atoms with van der Waals surface area (Å²) in [7, 11) is -4.03. The van der Waals surface area contributed by atoms with E-state index in [1.807, 2.05) is 0 Å². The smallest absolute Gasteiger partial charge is 0.356 e. The van der Waals surface area contributed by atoms with Gasteiger partial charge in [-0.05, 0) is 37.3 Å². The Morgan fingerprint density at radius 2 is 1.83 bits per heavy atom. The van der Waals surface area contributed by atoms with E-state index >= 15 is 0 Å². The number of hydrogen-bond donors (Lipinski definition) is 1. The second-order valence-electron chi connectivity index (χ2n) is 5.08. The van der Waals surface area contributed by atoms with Crippen LogP contribution in [0, 0.1) is 0 Å². The van der Waals surface area contributed by atoms with Crippen molar-refractivity contribution in [2.45, 2.75) is 11.8 Å². The highest BCUT2D eigenvalue weighted by molar-refractivity contribution is 7.90. The topological polar surface area (TPSA) is 85.6 Å². The number of rotatable bonds is 4. The molecule has 0 aliphatic rings. The number of hydrogen-bond acceptors (Lipinski definition) is 5. The quantitative estimate of drug-likeness (QED) is 0.735. The van der Waals surface area contributed by atoms with Crippen LogP contribution in [0.5, 0.6) is 5.75 Å². The van der Waals surface area contributed by atoms with Gasteiger partial charge in [-0.2, -0.15) is 0 Å². The van der Waals surface area contributed by atoms with E-state index in [9.17, 15) is 18.3 Å². The molecule has 6 nitrogen and oxygen atoms in total. The van der Waals surface area contributed by atoms with Gasteiger partial charge >= 0.3 is 5.97 Å². The molecule has 0 unspecified atom stereocenters. The van der Waals surface area contributed by atoms with Gasteiger partial charge in [-0.15, -0.1) is 0 Å². The molecular weight excluding hydrogens is 330 g/mol. The van der Waals surface area contributed by atoms with Gasteiger partial charge in [0.2, 0.25) is 0 Å². The molecule has 24 heavy (non-hydrogen) atoms. The molecule has 0 spiro atoms. The zero-order valence-electron chi connectivity index (χ0n) is 12.8. The molecule has 1 aromatic heterocycles. The zero-order chi connectivity index (χ0) is 17.3. The van der Waals surface area contributed by atoms with Crippen molar-refractivity contribution < 1.29 is 23.1 Å². The average molecular weight is 345 g/mol. The average Bonchev–Trinajstić information content (AvgIpc) is 2.95. The molecule has 0 atom stereocenters. The molecule has 0 amide bonds. The maximum atomic E-state index is 13.0. The third-order valence-corrected chi connectivity index (χ3v) is 5.25. The van der Waals surface area contributed by atoms with Crippen LogP contribution in [-0.2, 0) is 14.8 Å². The second-order valence-corrected chi connectivity index (χ2v) is 6.86. The first-order valence-electron chi connectivity index (χ1n) is 7.27. The largest absolute Gasteiger partial charge is 0.508 e. The predicted molar refractivity (Wildman–Crippen MR) is 88.6 cm³/mol. The van der Waals surface area contributed by atoms with Crippen LogP contribution in [0.1, 0.15) is 17.4 Å². The summed E-state index contributed by atoms with van der Waals surface area (Å²) < 4.78 is 31.9. The lowest BCUT2D eigenvalue weighted by atomic mass is 10.2. The molecule has 1 heterocycles. The Labute approximate surface area is 139 Å². The molecule has 0 saturated heterocycles. The summed E-state index contributed by atoms with van der Waals surface area (Å²) in [6.07, 6.45) is 0. The van der Waals surface area contributed by atoms with E-state index in [-0.39, 0.29) is 28.5 Å². The van der Waals surface area contributed by atoms with Gasteiger partial charge in [-0.1, -0.05) is 18.2 Å². The highest BCUT2D eigenvalue weighted by Gasteiger charge is 2.27. The first-order valence-corrected chi connectivity index (χ1v) is 8.71. The summed E-state index contributed by atoms with van der Waals surface area (Å²) in [6, 6.07) is 13.5. The van der Waals surface area contributed by atoms with E-state index in [1.165, 1.54) is 30.3 Å². The molecule has 0 saturated carbocycles. The van der Waals surface area contributed by atoms with Crippen LogP contribution in [0.25, 0.3) is 10.9 Å². The Morgan fingerprint density at radius 1 is 1.12 bits per heavy atom. The summed E-state index contributed by atoms with van der Waals surface area (Å²) in [5.74, 6) is -0.840. The molecule has 3 rings (SSSR count). The lowest BCUT2D eigenvalue weighted by Crippen LogP contribution is -2.19. The van der Waals surface area contributed by atoms with E-state index in [2.05, 4.69) is 0 Å². The number of aromatic nitrogens is 1. The fourth-order valence-corrected chi connectivity index (χ4v) is 3.98. The monoisotopic (exact) mass is 345 g/mol. The van der Waals surface area contributed by atoms with Crippen LogP contribution in [0.4, 0.5) is 0 Å². The van der Waals surface area contributed by atoms with Crippen molar-refractivity contribution in [1.82, 2.24) is 3.97 Å². The van der Waals surface area contributed by atoms with Gasteiger partial charge < -0.3 is 9.84 Å². The van der Waals surface area contributed by atoms with Crippen molar-refractivity contribution in [3.63, 3.8) is 0 Å². The Balaban J connectivity index is 2.34. The van der Waals surface area contributed by atoms with E-state index in [4.69, 9.17) is 4.74 Å².